The second kappa shape index (κ2) is 7.29. The lowest BCUT2D eigenvalue weighted by atomic mass is 10.1. The van der Waals surface area contributed by atoms with Gasteiger partial charge in [-0.2, -0.15) is 0 Å². The molecule has 3 amide bonds. The van der Waals surface area contributed by atoms with Crippen molar-refractivity contribution in [3.8, 4) is 0 Å². The first-order valence-electron chi connectivity index (χ1n) is 7.88. The average molecular weight is 345 g/mol. The summed E-state index contributed by atoms with van der Waals surface area (Å²) in [6.45, 7) is 0.716. The van der Waals surface area contributed by atoms with E-state index in [1.165, 1.54) is 30.3 Å². The van der Waals surface area contributed by atoms with Gasteiger partial charge in [-0.05, 0) is 36.4 Å². The van der Waals surface area contributed by atoms with Crippen LogP contribution in [0, 0.1) is 17.6 Å². The van der Waals surface area contributed by atoms with Gasteiger partial charge < -0.3 is 15.5 Å². The predicted octanol–water partition coefficient (Wildman–Crippen LogP) is 3.14. The van der Waals surface area contributed by atoms with E-state index < -0.39 is 11.8 Å². The monoisotopic (exact) mass is 345 g/mol. The molecule has 0 bridgehead atoms. The summed E-state index contributed by atoms with van der Waals surface area (Å²) in [5, 5.41) is 5.08. The Bertz CT molecular complexity index is 780. The lowest BCUT2D eigenvalue weighted by Gasteiger charge is -2.17. The number of nitrogens with zero attached hydrogens (tertiary/aromatic N) is 1. The highest BCUT2D eigenvalue weighted by molar-refractivity contribution is 5.96. The molecule has 0 saturated carbocycles. The number of carbonyl (C=O) groups excluding carboxylic acids is 2. The Morgan fingerprint density at radius 2 is 1.84 bits per heavy atom. The van der Waals surface area contributed by atoms with Crippen LogP contribution >= 0.6 is 0 Å². The topological polar surface area (TPSA) is 61.4 Å². The van der Waals surface area contributed by atoms with Crippen molar-refractivity contribution >= 4 is 23.3 Å². The van der Waals surface area contributed by atoms with Crippen LogP contribution in [0.3, 0.4) is 0 Å². The minimum Gasteiger partial charge on any atom is -0.338 e. The molecule has 2 aromatic carbocycles. The minimum absolute atomic E-state index is 0.0658. The fourth-order valence-electron chi connectivity index (χ4n) is 2.75. The molecule has 0 spiro atoms. The molecule has 0 unspecified atom stereocenters. The first kappa shape index (κ1) is 16.9. The number of benzene rings is 2. The highest BCUT2D eigenvalue weighted by Crippen LogP contribution is 2.24. The third kappa shape index (κ3) is 4.12. The maximum atomic E-state index is 13.5. The van der Waals surface area contributed by atoms with Gasteiger partial charge in [-0.3, -0.25) is 4.79 Å². The third-order valence-electron chi connectivity index (χ3n) is 4.02. The van der Waals surface area contributed by atoms with E-state index in [0.717, 1.165) is 0 Å². The molecule has 0 radical (unpaired) electrons. The standard InChI is InChI=1S/C18H17F2N3O2/c19-13-5-7-14(8-6-13)23-11-12(9-17(23)24)10-21-18(25)22-16-4-2-1-3-15(16)20/h1-8,12H,9-11H2,(H2,21,22,25)/t12-/m1/s1. The molecule has 3 rings (SSSR count). The highest BCUT2D eigenvalue weighted by Gasteiger charge is 2.30. The summed E-state index contributed by atoms with van der Waals surface area (Å²) in [6, 6.07) is 11.0. The van der Waals surface area contributed by atoms with Crippen LogP contribution in [0.1, 0.15) is 6.42 Å². The van der Waals surface area contributed by atoms with Gasteiger partial charge in [0.25, 0.3) is 0 Å². The summed E-state index contributed by atoms with van der Waals surface area (Å²) in [5.41, 5.74) is 0.722. The average Bonchev–Trinajstić information content (AvgIpc) is 2.97. The molecular formula is C18H17F2N3O2. The van der Waals surface area contributed by atoms with Gasteiger partial charge >= 0.3 is 6.03 Å². The quantitative estimate of drug-likeness (QED) is 0.894. The van der Waals surface area contributed by atoms with Crippen molar-refractivity contribution in [3.63, 3.8) is 0 Å². The van der Waals surface area contributed by atoms with E-state index in [1.54, 1.807) is 23.1 Å². The Labute approximate surface area is 143 Å². The molecule has 7 heteroatoms. The Morgan fingerprint density at radius 1 is 1.12 bits per heavy atom. The molecule has 2 N–H and O–H groups in total. The Hall–Kier alpha value is -2.96. The van der Waals surface area contributed by atoms with E-state index in [0.29, 0.717) is 12.2 Å². The van der Waals surface area contributed by atoms with Crippen molar-refractivity contribution in [2.45, 2.75) is 6.42 Å². The van der Waals surface area contributed by atoms with E-state index in [9.17, 15) is 18.4 Å². The maximum Gasteiger partial charge on any atom is 0.319 e. The van der Waals surface area contributed by atoms with Gasteiger partial charge in [-0.1, -0.05) is 12.1 Å². The van der Waals surface area contributed by atoms with Crippen LogP contribution in [0.25, 0.3) is 0 Å². The number of urea groups is 1. The van der Waals surface area contributed by atoms with Gasteiger partial charge in [-0.15, -0.1) is 0 Å². The summed E-state index contributed by atoms with van der Waals surface area (Å²) < 4.78 is 26.5. The van der Waals surface area contributed by atoms with Crippen LogP contribution in [-0.4, -0.2) is 25.0 Å². The van der Waals surface area contributed by atoms with Crippen LogP contribution in [0.2, 0.25) is 0 Å². The van der Waals surface area contributed by atoms with Gasteiger partial charge in [0.05, 0.1) is 5.69 Å². The minimum atomic E-state index is -0.530. The summed E-state index contributed by atoms with van der Waals surface area (Å²) in [5.74, 6) is -1.02. The van der Waals surface area contributed by atoms with Crippen LogP contribution in [0.5, 0.6) is 0 Å². The number of nitrogens with one attached hydrogen (secondary N) is 2. The van der Waals surface area contributed by atoms with Crippen molar-refractivity contribution in [3.05, 3.63) is 60.2 Å². The molecule has 2 aromatic rings. The van der Waals surface area contributed by atoms with Crippen molar-refractivity contribution < 1.29 is 18.4 Å². The number of carbonyl (C=O) groups is 2. The molecule has 25 heavy (non-hydrogen) atoms. The number of para-hydroxylation sites is 1. The normalized spacial score (nSPS) is 16.8. The van der Waals surface area contributed by atoms with Crippen molar-refractivity contribution in [1.82, 2.24) is 5.32 Å². The van der Waals surface area contributed by atoms with Crippen LogP contribution < -0.4 is 15.5 Å². The second-order valence-electron chi connectivity index (χ2n) is 5.87. The maximum absolute atomic E-state index is 13.5. The molecule has 0 aromatic heterocycles. The van der Waals surface area contributed by atoms with E-state index in [-0.39, 0.29) is 36.3 Å². The highest BCUT2D eigenvalue weighted by atomic mass is 19.1. The number of hydrogen-bond acceptors (Lipinski definition) is 2. The van der Waals surface area contributed by atoms with Crippen LogP contribution in [0.15, 0.2) is 48.5 Å². The van der Waals surface area contributed by atoms with Crippen molar-refractivity contribution in [2.24, 2.45) is 5.92 Å². The van der Waals surface area contributed by atoms with Gasteiger partial charge in [0, 0.05) is 31.1 Å². The fourth-order valence-corrected chi connectivity index (χ4v) is 2.75. The number of rotatable bonds is 4. The van der Waals surface area contributed by atoms with Gasteiger partial charge in [0.15, 0.2) is 0 Å². The summed E-state index contributed by atoms with van der Waals surface area (Å²) in [6.07, 6.45) is 0.289. The van der Waals surface area contributed by atoms with E-state index in [1.807, 2.05) is 0 Å². The van der Waals surface area contributed by atoms with Crippen LogP contribution in [0.4, 0.5) is 25.0 Å². The van der Waals surface area contributed by atoms with E-state index in [4.69, 9.17) is 0 Å². The summed E-state index contributed by atoms with van der Waals surface area (Å²) in [7, 11) is 0. The first-order valence-corrected chi connectivity index (χ1v) is 7.88. The predicted molar refractivity (Wildman–Crippen MR) is 90.3 cm³/mol. The van der Waals surface area contributed by atoms with Gasteiger partial charge in [0.2, 0.25) is 5.91 Å². The summed E-state index contributed by atoms with van der Waals surface area (Å²) >= 11 is 0. The number of amides is 3. The molecule has 1 atom stereocenters. The largest absolute Gasteiger partial charge is 0.338 e. The van der Waals surface area contributed by atoms with Crippen molar-refractivity contribution in [2.75, 3.05) is 23.3 Å². The molecule has 1 heterocycles. The number of hydrogen-bond donors (Lipinski definition) is 2. The smallest absolute Gasteiger partial charge is 0.319 e. The zero-order valence-electron chi connectivity index (χ0n) is 13.3. The molecule has 5 nitrogen and oxygen atoms in total. The van der Waals surface area contributed by atoms with Crippen LogP contribution in [-0.2, 0) is 4.79 Å². The third-order valence-corrected chi connectivity index (χ3v) is 4.02. The lowest BCUT2D eigenvalue weighted by molar-refractivity contribution is -0.117. The van der Waals surface area contributed by atoms with Gasteiger partial charge in [0.1, 0.15) is 11.6 Å². The molecule has 1 fully saturated rings. The Balaban J connectivity index is 1.52. The number of halogens is 2. The Morgan fingerprint density at radius 3 is 2.56 bits per heavy atom. The SMILES string of the molecule is O=C(NC[C@H]1CC(=O)N(c2ccc(F)cc2)C1)Nc1ccccc1F. The molecular weight excluding hydrogens is 328 g/mol. The fraction of sp³-hybridized carbons (Fsp3) is 0.222. The molecule has 130 valence electrons. The zero-order valence-corrected chi connectivity index (χ0v) is 13.3. The molecule has 1 saturated heterocycles. The van der Waals surface area contributed by atoms with E-state index in [2.05, 4.69) is 10.6 Å². The van der Waals surface area contributed by atoms with E-state index >= 15 is 0 Å². The number of anilines is 2. The Kier molecular flexibility index (Phi) is 4.92. The van der Waals surface area contributed by atoms with Crippen molar-refractivity contribution in [1.29, 1.82) is 0 Å². The van der Waals surface area contributed by atoms with Gasteiger partial charge in [-0.25, -0.2) is 13.6 Å². The second-order valence-corrected chi connectivity index (χ2v) is 5.87. The molecule has 1 aliphatic heterocycles. The lowest BCUT2D eigenvalue weighted by Crippen LogP contribution is -2.34. The zero-order chi connectivity index (χ0) is 17.8. The molecule has 0 aliphatic carbocycles. The molecule has 1 aliphatic rings. The summed E-state index contributed by atoms with van der Waals surface area (Å²) in [4.78, 5) is 25.5. The first-order chi connectivity index (χ1) is 12.0.